The van der Waals surface area contributed by atoms with Gasteiger partial charge in [0.1, 0.15) is 0 Å². The number of hydrogen-bond acceptors (Lipinski definition) is 3. The minimum absolute atomic E-state index is 0.0347. The number of unbranched alkanes of at least 4 members (excludes halogenated alkanes) is 5. The summed E-state index contributed by atoms with van der Waals surface area (Å²) in [4.78, 5) is 23.8. The van der Waals surface area contributed by atoms with E-state index in [9.17, 15) is 9.59 Å². The number of hydrogen-bond donors (Lipinski definition) is 1. The van der Waals surface area contributed by atoms with Crippen molar-refractivity contribution >= 4 is 22.8 Å². The molecule has 1 rings (SSSR count). The van der Waals surface area contributed by atoms with Crippen LogP contribution in [0.2, 0.25) is 0 Å². The van der Waals surface area contributed by atoms with Crippen LogP contribution in [0.1, 0.15) is 66.9 Å². The molecule has 0 spiro atoms. The molecule has 1 aromatic rings. The summed E-state index contributed by atoms with van der Waals surface area (Å²) in [5.74, 6) is -0.135. The van der Waals surface area contributed by atoms with Crippen LogP contribution in [0.5, 0.6) is 0 Å². The Morgan fingerprint density at radius 2 is 1.79 bits per heavy atom. The number of benzene rings is 1. The van der Waals surface area contributed by atoms with Crippen LogP contribution in [-0.2, 0) is 4.79 Å². The van der Waals surface area contributed by atoms with E-state index in [4.69, 9.17) is 0 Å². The average molecular weight is 348 g/mol. The standard InChI is InChI=1S/C20H29NO2S/c1-4-5-6-7-8-9-13-21-19(22)12-14-24-20(23)18-11-10-16(2)15-17(18)3/h10-12,14-15H,4-9,13H2,1-3H3,(H,21,22). The Hall–Kier alpha value is -1.55. The van der Waals surface area contributed by atoms with Crippen LogP contribution in [0, 0.1) is 13.8 Å². The molecular weight excluding hydrogens is 318 g/mol. The van der Waals surface area contributed by atoms with E-state index in [1.165, 1.54) is 31.8 Å². The average Bonchev–Trinajstić information content (AvgIpc) is 2.53. The lowest BCUT2D eigenvalue weighted by Crippen LogP contribution is -2.21. The van der Waals surface area contributed by atoms with Gasteiger partial charge in [-0.25, -0.2) is 0 Å². The molecule has 0 unspecified atom stereocenters. The molecule has 0 fully saturated rings. The van der Waals surface area contributed by atoms with Crippen LogP contribution in [-0.4, -0.2) is 17.6 Å². The number of amides is 1. The fraction of sp³-hybridized carbons (Fsp3) is 0.500. The van der Waals surface area contributed by atoms with Gasteiger partial charge < -0.3 is 5.32 Å². The third-order valence-corrected chi connectivity index (χ3v) is 4.53. The van der Waals surface area contributed by atoms with E-state index < -0.39 is 0 Å². The minimum atomic E-state index is -0.135. The first-order chi connectivity index (χ1) is 11.5. The summed E-state index contributed by atoms with van der Waals surface area (Å²) in [7, 11) is 0. The SMILES string of the molecule is CCCCCCCCNC(=O)C=CSC(=O)c1ccc(C)cc1C. The second-order valence-corrected chi connectivity index (χ2v) is 6.96. The third kappa shape index (κ3) is 8.34. The van der Waals surface area contributed by atoms with Crippen molar-refractivity contribution in [1.82, 2.24) is 5.32 Å². The summed E-state index contributed by atoms with van der Waals surface area (Å²) in [5, 5.41) is 4.39. The maximum Gasteiger partial charge on any atom is 0.244 e. The van der Waals surface area contributed by atoms with Gasteiger partial charge in [0.15, 0.2) is 0 Å². The van der Waals surface area contributed by atoms with Crippen molar-refractivity contribution in [3.63, 3.8) is 0 Å². The first-order valence-electron chi connectivity index (χ1n) is 8.77. The molecule has 132 valence electrons. The molecule has 1 aromatic carbocycles. The van der Waals surface area contributed by atoms with Crippen molar-refractivity contribution < 1.29 is 9.59 Å². The quantitative estimate of drug-likeness (QED) is 0.469. The number of rotatable bonds is 10. The van der Waals surface area contributed by atoms with E-state index in [0.717, 1.165) is 35.7 Å². The molecule has 0 radical (unpaired) electrons. The Labute approximate surface area is 150 Å². The van der Waals surface area contributed by atoms with Crippen LogP contribution in [0.15, 0.2) is 29.7 Å². The predicted octanol–water partition coefficient (Wildman–Crippen LogP) is 5.17. The fourth-order valence-corrected chi connectivity index (χ4v) is 3.11. The highest BCUT2D eigenvalue weighted by Gasteiger charge is 2.08. The molecule has 0 aliphatic carbocycles. The fourth-order valence-electron chi connectivity index (χ4n) is 2.44. The van der Waals surface area contributed by atoms with E-state index in [2.05, 4.69) is 12.2 Å². The van der Waals surface area contributed by atoms with Gasteiger partial charge in [0, 0.05) is 18.2 Å². The molecular formula is C20H29NO2S. The first kappa shape index (κ1) is 20.5. The Morgan fingerprint density at radius 3 is 2.50 bits per heavy atom. The van der Waals surface area contributed by atoms with Crippen molar-refractivity contribution in [2.24, 2.45) is 0 Å². The normalized spacial score (nSPS) is 11.0. The summed E-state index contributed by atoms with van der Waals surface area (Å²) >= 11 is 1.05. The van der Waals surface area contributed by atoms with Crippen LogP contribution in [0.3, 0.4) is 0 Å². The largest absolute Gasteiger partial charge is 0.353 e. The van der Waals surface area contributed by atoms with Gasteiger partial charge in [-0.3, -0.25) is 9.59 Å². The number of aryl methyl sites for hydroxylation is 2. The van der Waals surface area contributed by atoms with E-state index >= 15 is 0 Å². The number of thioether (sulfide) groups is 1. The lowest BCUT2D eigenvalue weighted by Gasteiger charge is -2.04. The molecule has 0 aliphatic rings. The smallest absolute Gasteiger partial charge is 0.244 e. The monoisotopic (exact) mass is 347 g/mol. The zero-order valence-electron chi connectivity index (χ0n) is 15.1. The second-order valence-electron chi connectivity index (χ2n) is 6.09. The highest BCUT2D eigenvalue weighted by Crippen LogP contribution is 2.18. The lowest BCUT2D eigenvalue weighted by atomic mass is 10.1. The predicted molar refractivity (Wildman–Crippen MR) is 103 cm³/mol. The van der Waals surface area contributed by atoms with Crippen LogP contribution >= 0.6 is 11.8 Å². The summed E-state index contributed by atoms with van der Waals surface area (Å²) in [6, 6.07) is 5.76. The van der Waals surface area contributed by atoms with E-state index in [0.29, 0.717) is 12.1 Å². The molecule has 0 saturated carbocycles. The van der Waals surface area contributed by atoms with Gasteiger partial charge >= 0.3 is 0 Å². The number of carbonyl (C=O) groups is 2. The molecule has 1 N–H and O–H groups in total. The molecule has 0 heterocycles. The molecule has 3 nitrogen and oxygen atoms in total. The maximum absolute atomic E-state index is 12.1. The summed E-state index contributed by atoms with van der Waals surface area (Å²) in [5.41, 5.74) is 2.80. The number of nitrogens with one attached hydrogen (secondary N) is 1. The van der Waals surface area contributed by atoms with Gasteiger partial charge in [0.2, 0.25) is 11.0 Å². The van der Waals surface area contributed by atoms with Crippen molar-refractivity contribution in [3.05, 3.63) is 46.4 Å². The van der Waals surface area contributed by atoms with Crippen LogP contribution in [0.4, 0.5) is 0 Å². The lowest BCUT2D eigenvalue weighted by molar-refractivity contribution is -0.116. The Balaban J connectivity index is 2.23. The minimum Gasteiger partial charge on any atom is -0.353 e. The molecule has 24 heavy (non-hydrogen) atoms. The van der Waals surface area contributed by atoms with Gasteiger partial charge in [-0.05, 0) is 37.3 Å². The van der Waals surface area contributed by atoms with Crippen LogP contribution < -0.4 is 5.32 Å². The molecule has 0 bridgehead atoms. The Morgan fingerprint density at radius 1 is 1.08 bits per heavy atom. The first-order valence-corrected chi connectivity index (χ1v) is 9.65. The maximum atomic E-state index is 12.1. The van der Waals surface area contributed by atoms with Crippen molar-refractivity contribution in [2.75, 3.05) is 6.54 Å². The second kappa shape index (κ2) is 11.9. The Kier molecular flexibility index (Phi) is 10.2. The molecule has 1 amide bonds. The highest BCUT2D eigenvalue weighted by molar-refractivity contribution is 8.16. The van der Waals surface area contributed by atoms with E-state index in [1.54, 1.807) is 5.41 Å². The van der Waals surface area contributed by atoms with Gasteiger partial charge in [-0.15, -0.1) is 0 Å². The van der Waals surface area contributed by atoms with Gasteiger partial charge in [-0.1, -0.05) is 68.5 Å². The molecule has 4 heteroatoms. The van der Waals surface area contributed by atoms with Crippen LogP contribution in [0.25, 0.3) is 0 Å². The zero-order chi connectivity index (χ0) is 17.8. The Bertz CT molecular complexity index is 567. The van der Waals surface area contributed by atoms with Crippen molar-refractivity contribution in [1.29, 1.82) is 0 Å². The van der Waals surface area contributed by atoms with Gasteiger partial charge in [0.25, 0.3) is 0 Å². The van der Waals surface area contributed by atoms with Gasteiger partial charge in [0.05, 0.1) is 0 Å². The third-order valence-electron chi connectivity index (χ3n) is 3.83. The summed E-state index contributed by atoms with van der Waals surface area (Å²) in [6.45, 7) is 6.83. The molecule has 0 atom stereocenters. The zero-order valence-corrected chi connectivity index (χ0v) is 15.9. The molecule has 0 saturated heterocycles. The van der Waals surface area contributed by atoms with Gasteiger partial charge in [-0.2, -0.15) is 0 Å². The summed E-state index contributed by atoms with van der Waals surface area (Å²) in [6.07, 6.45) is 8.66. The highest BCUT2D eigenvalue weighted by atomic mass is 32.2. The molecule has 0 aromatic heterocycles. The van der Waals surface area contributed by atoms with E-state index in [-0.39, 0.29) is 11.0 Å². The molecule has 0 aliphatic heterocycles. The summed E-state index contributed by atoms with van der Waals surface area (Å²) < 4.78 is 0. The van der Waals surface area contributed by atoms with Crippen molar-refractivity contribution in [3.8, 4) is 0 Å². The van der Waals surface area contributed by atoms with Crippen molar-refractivity contribution in [2.45, 2.75) is 59.3 Å². The topological polar surface area (TPSA) is 46.2 Å². The van der Waals surface area contributed by atoms with E-state index in [1.807, 2.05) is 32.0 Å². The number of carbonyl (C=O) groups excluding carboxylic acids is 2.